The van der Waals surface area contributed by atoms with Crippen molar-refractivity contribution in [3.05, 3.63) is 10.6 Å². The molecule has 1 unspecified atom stereocenters. The first kappa shape index (κ1) is 7.76. The van der Waals surface area contributed by atoms with E-state index in [0.717, 1.165) is 0 Å². The lowest BCUT2D eigenvalue weighted by Crippen LogP contribution is -2.21. The van der Waals surface area contributed by atoms with E-state index in [1.165, 1.54) is 0 Å². The summed E-state index contributed by atoms with van der Waals surface area (Å²) in [6.07, 6.45) is 0.123. The minimum Gasteiger partial charge on any atom is -0.384 e. The maximum absolute atomic E-state index is 10.9. The van der Waals surface area contributed by atoms with E-state index >= 15 is 0 Å². The van der Waals surface area contributed by atoms with Crippen LogP contribution >= 0.6 is 11.6 Å². The van der Waals surface area contributed by atoms with Crippen molar-refractivity contribution in [3.63, 3.8) is 0 Å². The SMILES string of the molecule is CC1=C(Cl)C(C)(O)CC1=O. The molecule has 1 aliphatic rings. The third-order valence-corrected chi connectivity index (χ3v) is 2.42. The van der Waals surface area contributed by atoms with Crippen molar-refractivity contribution in [2.75, 3.05) is 0 Å². The Bertz CT molecular complexity index is 216. The Morgan fingerprint density at radius 2 is 2.20 bits per heavy atom. The number of aliphatic hydroxyl groups is 1. The Morgan fingerprint density at radius 1 is 1.70 bits per heavy atom. The molecule has 0 saturated carbocycles. The van der Waals surface area contributed by atoms with Crippen LogP contribution in [0.3, 0.4) is 0 Å². The van der Waals surface area contributed by atoms with Gasteiger partial charge >= 0.3 is 0 Å². The summed E-state index contributed by atoms with van der Waals surface area (Å²) >= 11 is 5.66. The van der Waals surface area contributed by atoms with Gasteiger partial charge in [-0.3, -0.25) is 4.79 Å². The lowest BCUT2D eigenvalue weighted by molar-refractivity contribution is -0.116. The van der Waals surface area contributed by atoms with Crippen LogP contribution in [-0.2, 0) is 4.79 Å². The predicted octanol–water partition coefficient (Wildman–Crippen LogP) is 1.22. The van der Waals surface area contributed by atoms with Gasteiger partial charge in [0.15, 0.2) is 5.78 Å². The first-order chi connectivity index (χ1) is 4.45. The smallest absolute Gasteiger partial charge is 0.163 e. The molecule has 0 bridgehead atoms. The molecule has 0 radical (unpaired) electrons. The number of carbonyl (C=O) groups is 1. The average Bonchev–Trinajstić information content (AvgIpc) is 1.95. The monoisotopic (exact) mass is 160 g/mol. The van der Waals surface area contributed by atoms with Gasteiger partial charge in [-0.25, -0.2) is 0 Å². The molecule has 0 spiro atoms. The number of carbonyl (C=O) groups excluding carboxylic acids is 1. The van der Waals surface area contributed by atoms with Gasteiger partial charge in [-0.1, -0.05) is 11.6 Å². The van der Waals surface area contributed by atoms with Crippen LogP contribution in [0.1, 0.15) is 20.3 Å². The van der Waals surface area contributed by atoms with E-state index in [1.807, 2.05) is 0 Å². The fraction of sp³-hybridized carbons (Fsp3) is 0.571. The van der Waals surface area contributed by atoms with Gasteiger partial charge in [0.1, 0.15) is 5.60 Å². The first-order valence-corrected chi connectivity index (χ1v) is 3.45. The molecule has 2 nitrogen and oxygen atoms in total. The Labute approximate surface area is 64.5 Å². The quantitative estimate of drug-likeness (QED) is 0.579. The largest absolute Gasteiger partial charge is 0.384 e. The van der Waals surface area contributed by atoms with Crippen molar-refractivity contribution in [3.8, 4) is 0 Å². The number of hydrogen-bond acceptors (Lipinski definition) is 2. The van der Waals surface area contributed by atoms with E-state index in [1.54, 1.807) is 13.8 Å². The molecule has 0 amide bonds. The van der Waals surface area contributed by atoms with Crippen molar-refractivity contribution in [1.82, 2.24) is 0 Å². The minimum atomic E-state index is -1.11. The van der Waals surface area contributed by atoms with Gasteiger partial charge in [0.25, 0.3) is 0 Å². The molecule has 1 N–H and O–H groups in total. The number of rotatable bonds is 0. The maximum Gasteiger partial charge on any atom is 0.163 e. The molecular formula is C7H9ClO2. The summed E-state index contributed by atoms with van der Waals surface area (Å²) in [7, 11) is 0. The number of hydrogen-bond donors (Lipinski definition) is 1. The van der Waals surface area contributed by atoms with Gasteiger partial charge in [-0.05, 0) is 13.8 Å². The van der Waals surface area contributed by atoms with Gasteiger partial charge in [0.05, 0.1) is 5.03 Å². The highest BCUT2D eigenvalue weighted by Gasteiger charge is 2.37. The fourth-order valence-electron chi connectivity index (χ4n) is 1.05. The number of Topliss-reactive ketones (excluding diaryl/α,β-unsaturated/α-hetero) is 1. The summed E-state index contributed by atoms with van der Waals surface area (Å²) < 4.78 is 0. The zero-order valence-electron chi connectivity index (χ0n) is 5.94. The zero-order chi connectivity index (χ0) is 7.94. The van der Waals surface area contributed by atoms with Crippen LogP contribution in [0.15, 0.2) is 10.6 Å². The van der Waals surface area contributed by atoms with Crippen molar-refractivity contribution < 1.29 is 9.90 Å². The van der Waals surface area contributed by atoms with E-state index in [9.17, 15) is 9.90 Å². The maximum atomic E-state index is 10.9. The highest BCUT2D eigenvalue weighted by Crippen LogP contribution is 2.34. The molecule has 3 heteroatoms. The molecule has 0 aromatic rings. The summed E-state index contributed by atoms with van der Waals surface area (Å²) in [6.45, 7) is 3.18. The van der Waals surface area contributed by atoms with Gasteiger partial charge in [-0.2, -0.15) is 0 Å². The standard InChI is InChI=1S/C7H9ClO2/c1-4-5(9)3-7(2,10)6(4)8/h10H,3H2,1-2H3. The van der Waals surface area contributed by atoms with Crippen LogP contribution in [0.4, 0.5) is 0 Å². The van der Waals surface area contributed by atoms with Crippen molar-refractivity contribution in [1.29, 1.82) is 0 Å². The average molecular weight is 161 g/mol. The van der Waals surface area contributed by atoms with E-state index in [0.29, 0.717) is 5.57 Å². The molecule has 0 fully saturated rings. The minimum absolute atomic E-state index is 0.0602. The topological polar surface area (TPSA) is 37.3 Å². The molecule has 0 aliphatic heterocycles. The molecule has 56 valence electrons. The van der Waals surface area contributed by atoms with Crippen molar-refractivity contribution in [2.24, 2.45) is 0 Å². The number of allylic oxidation sites excluding steroid dienone is 1. The summed E-state index contributed by atoms with van der Waals surface area (Å²) in [5.41, 5.74) is -0.616. The predicted molar refractivity (Wildman–Crippen MR) is 38.8 cm³/mol. The summed E-state index contributed by atoms with van der Waals surface area (Å²) in [4.78, 5) is 10.9. The molecule has 1 rings (SSSR count). The van der Waals surface area contributed by atoms with Crippen LogP contribution in [0, 0.1) is 0 Å². The van der Waals surface area contributed by atoms with Crippen LogP contribution in [0.2, 0.25) is 0 Å². The van der Waals surface area contributed by atoms with E-state index < -0.39 is 5.60 Å². The summed E-state index contributed by atoms with van der Waals surface area (Å²) in [6, 6.07) is 0. The lowest BCUT2D eigenvalue weighted by Gasteiger charge is -2.14. The second-order valence-corrected chi connectivity index (χ2v) is 3.19. The Hall–Kier alpha value is -0.340. The third kappa shape index (κ3) is 0.976. The van der Waals surface area contributed by atoms with Crippen LogP contribution in [0.25, 0.3) is 0 Å². The highest BCUT2D eigenvalue weighted by atomic mass is 35.5. The second kappa shape index (κ2) is 2.07. The van der Waals surface area contributed by atoms with Crippen molar-refractivity contribution >= 4 is 17.4 Å². The van der Waals surface area contributed by atoms with Gasteiger partial charge in [-0.15, -0.1) is 0 Å². The van der Waals surface area contributed by atoms with Gasteiger partial charge < -0.3 is 5.11 Å². The molecule has 10 heavy (non-hydrogen) atoms. The highest BCUT2D eigenvalue weighted by molar-refractivity contribution is 6.34. The Morgan fingerprint density at radius 3 is 2.30 bits per heavy atom. The van der Waals surface area contributed by atoms with Gasteiger partial charge in [0, 0.05) is 12.0 Å². The number of halogens is 1. The normalized spacial score (nSPS) is 33.8. The lowest BCUT2D eigenvalue weighted by atomic mass is 10.1. The van der Waals surface area contributed by atoms with E-state index in [4.69, 9.17) is 11.6 Å². The van der Waals surface area contributed by atoms with Crippen LogP contribution in [-0.4, -0.2) is 16.5 Å². The zero-order valence-corrected chi connectivity index (χ0v) is 6.70. The van der Waals surface area contributed by atoms with Crippen molar-refractivity contribution in [2.45, 2.75) is 25.9 Å². The first-order valence-electron chi connectivity index (χ1n) is 3.07. The second-order valence-electron chi connectivity index (χ2n) is 2.81. The molecule has 1 atom stereocenters. The van der Waals surface area contributed by atoms with Crippen LogP contribution < -0.4 is 0 Å². The van der Waals surface area contributed by atoms with Crippen LogP contribution in [0.5, 0.6) is 0 Å². The Kier molecular flexibility index (Phi) is 1.61. The Balaban J connectivity index is 3.06. The third-order valence-electron chi connectivity index (χ3n) is 1.73. The molecule has 0 aromatic carbocycles. The molecule has 0 heterocycles. The summed E-state index contributed by atoms with van der Waals surface area (Å²) in [5, 5.41) is 9.68. The van der Waals surface area contributed by atoms with Gasteiger partial charge in [0.2, 0.25) is 0 Å². The molecule has 0 saturated heterocycles. The fourth-order valence-corrected chi connectivity index (χ4v) is 1.22. The van der Waals surface area contributed by atoms with E-state index in [-0.39, 0.29) is 17.2 Å². The summed E-state index contributed by atoms with van der Waals surface area (Å²) in [5.74, 6) is -0.0602. The molecular weight excluding hydrogens is 152 g/mol. The van der Waals surface area contributed by atoms with E-state index in [2.05, 4.69) is 0 Å². The molecule has 0 aromatic heterocycles. The molecule has 1 aliphatic carbocycles. The number of ketones is 1.